The summed E-state index contributed by atoms with van der Waals surface area (Å²) in [4.78, 5) is 14.5. The molecule has 0 atom stereocenters. The minimum absolute atomic E-state index is 0.0302. The van der Waals surface area contributed by atoms with Crippen molar-refractivity contribution in [3.05, 3.63) is 47.8 Å². The van der Waals surface area contributed by atoms with E-state index in [1.807, 2.05) is 0 Å². The molecule has 17 heavy (non-hydrogen) atoms. The monoisotopic (exact) mass is 231 g/mol. The quantitative estimate of drug-likeness (QED) is 0.558. The van der Waals surface area contributed by atoms with Crippen molar-refractivity contribution in [2.45, 2.75) is 12.8 Å². The lowest BCUT2D eigenvalue weighted by Gasteiger charge is -2.02. The number of nitrogens with one attached hydrogen (secondary N) is 1. The van der Waals surface area contributed by atoms with Crippen LogP contribution in [0.2, 0.25) is 0 Å². The minimum Gasteiger partial charge on any atom is -0.504 e. The number of carbonyl (C=O) groups excluding carboxylic acids is 1. The lowest BCUT2D eigenvalue weighted by Crippen LogP contribution is -2.01. The molecule has 0 aliphatic rings. The summed E-state index contributed by atoms with van der Waals surface area (Å²) in [7, 11) is 0. The van der Waals surface area contributed by atoms with Crippen LogP contribution < -0.4 is 0 Å². The Hall–Kier alpha value is -2.23. The maximum absolute atomic E-state index is 11.7. The number of rotatable bonds is 4. The Kier molecular flexibility index (Phi) is 3.14. The summed E-state index contributed by atoms with van der Waals surface area (Å²) in [6, 6.07) is 8.09. The van der Waals surface area contributed by atoms with Crippen LogP contribution in [0.15, 0.2) is 36.5 Å². The predicted octanol–water partition coefficient (Wildman–Crippen LogP) is 2.24. The van der Waals surface area contributed by atoms with E-state index in [-0.39, 0.29) is 17.3 Å². The number of hydrogen-bond donors (Lipinski definition) is 3. The average molecular weight is 231 g/mol. The Labute approximate surface area is 98.5 Å². The first kappa shape index (κ1) is 11.3. The Morgan fingerprint density at radius 3 is 2.65 bits per heavy atom. The van der Waals surface area contributed by atoms with Gasteiger partial charge in [-0.3, -0.25) is 4.79 Å². The van der Waals surface area contributed by atoms with E-state index in [9.17, 15) is 9.90 Å². The number of H-pyrrole nitrogens is 1. The normalized spacial score (nSPS) is 10.4. The van der Waals surface area contributed by atoms with E-state index in [0.29, 0.717) is 18.5 Å². The smallest absolute Gasteiger partial charge is 0.179 e. The molecule has 4 heteroatoms. The van der Waals surface area contributed by atoms with Crippen molar-refractivity contribution in [1.82, 2.24) is 4.98 Å². The van der Waals surface area contributed by atoms with Crippen LogP contribution in [0.1, 0.15) is 22.5 Å². The largest absolute Gasteiger partial charge is 0.504 e. The molecule has 0 aliphatic carbocycles. The Balaban J connectivity index is 1.98. The van der Waals surface area contributed by atoms with Gasteiger partial charge in [0.25, 0.3) is 0 Å². The van der Waals surface area contributed by atoms with Crippen LogP contribution in [-0.4, -0.2) is 21.0 Å². The molecule has 1 heterocycles. The van der Waals surface area contributed by atoms with Crippen molar-refractivity contribution >= 4 is 5.78 Å². The molecule has 1 aromatic carbocycles. The maximum atomic E-state index is 11.7. The Morgan fingerprint density at radius 2 is 2.00 bits per heavy atom. The molecule has 0 radical (unpaired) electrons. The molecule has 0 amide bonds. The van der Waals surface area contributed by atoms with Crippen LogP contribution in [0.25, 0.3) is 0 Å². The van der Waals surface area contributed by atoms with Gasteiger partial charge in [-0.05, 0) is 36.2 Å². The van der Waals surface area contributed by atoms with Gasteiger partial charge in [-0.25, -0.2) is 0 Å². The summed E-state index contributed by atoms with van der Waals surface area (Å²) in [6.45, 7) is 0. The molecule has 0 bridgehead atoms. The third kappa shape index (κ3) is 2.66. The fraction of sp³-hybridized carbons (Fsp3) is 0.154. The first-order valence-electron chi connectivity index (χ1n) is 5.34. The first-order valence-corrected chi connectivity index (χ1v) is 5.34. The zero-order valence-corrected chi connectivity index (χ0v) is 9.18. The van der Waals surface area contributed by atoms with Gasteiger partial charge in [-0.2, -0.15) is 0 Å². The number of benzene rings is 1. The number of aromatic amines is 1. The number of aryl methyl sites for hydroxylation is 1. The number of aromatic nitrogens is 1. The van der Waals surface area contributed by atoms with Crippen LogP contribution >= 0.6 is 0 Å². The van der Waals surface area contributed by atoms with E-state index in [1.165, 1.54) is 12.1 Å². The summed E-state index contributed by atoms with van der Waals surface area (Å²) in [5.74, 6) is -0.276. The topological polar surface area (TPSA) is 73.3 Å². The van der Waals surface area contributed by atoms with Crippen LogP contribution in [0.5, 0.6) is 11.5 Å². The summed E-state index contributed by atoms with van der Waals surface area (Å²) in [6.07, 6.45) is 2.61. The van der Waals surface area contributed by atoms with Crippen molar-refractivity contribution in [1.29, 1.82) is 0 Å². The van der Waals surface area contributed by atoms with Crippen LogP contribution in [0.4, 0.5) is 0 Å². The molecular weight excluding hydrogens is 218 g/mol. The van der Waals surface area contributed by atoms with Crippen molar-refractivity contribution < 1.29 is 15.0 Å². The predicted molar refractivity (Wildman–Crippen MR) is 63.2 cm³/mol. The third-order valence-corrected chi connectivity index (χ3v) is 2.58. The highest BCUT2D eigenvalue weighted by Gasteiger charge is 2.07. The second kappa shape index (κ2) is 4.74. The van der Waals surface area contributed by atoms with E-state index in [2.05, 4.69) is 4.98 Å². The molecule has 0 fully saturated rings. The van der Waals surface area contributed by atoms with Gasteiger partial charge in [0.1, 0.15) is 0 Å². The molecule has 3 N–H and O–H groups in total. The molecule has 0 spiro atoms. The van der Waals surface area contributed by atoms with Gasteiger partial charge in [0.15, 0.2) is 17.3 Å². The van der Waals surface area contributed by atoms with Crippen LogP contribution in [0, 0.1) is 0 Å². The minimum atomic E-state index is -0.158. The second-order valence-electron chi connectivity index (χ2n) is 3.83. The molecule has 1 aromatic heterocycles. The van der Waals surface area contributed by atoms with Crippen molar-refractivity contribution in [3.63, 3.8) is 0 Å². The third-order valence-electron chi connectivity index (χ3n) is 2.58. The van der Waals surface area contributed by atoms with E-state index < -0.39 is 0 Å². The zero-order valence-electron chi connectivity index (χ0n) is 9.18. The van der Waals surface area contributed by atoms with Gasteiger partial charge in [-0.15, -0.1) is 0 Å². The molecule has 0 saturated heterocycles. The molecule has 2 rings (SSSR count). The molecule has 0 saturated carbocycles. The van der Waals surface area contributed by atoms with E-state index >= 15 is 0 Å². The van der Waals surface area contributed by atoms with E-state index in [1.54, 1.807) is 24.4 Å². The molecule has 2 aromatic rings. The average Bonchev–Trinajstić information content (AvgIpc) is 2.84. The molecule has 0 aliphatic heterocycles. The van der Waals surface area contributed by atoms with E-state index in [0.717, 1.165) is 5.56 Å². The Bertz CT molecular complexity index is 517. The number of hydrogen-bond acceptors (Lipinski definition) is 3. The first-order chi connectivity index (χ1) is 8.16. The van der Waals surface area contributed by atoms with Crippen molar-refractivity contribution in [2.75, 3.05) is 0 Å². The fourth-order valence-corrected chi connectivity index (χ4v) is 1.62. The summed E-state index contributed by atoms with van der Waals surface area (Å²) in [5.41, 5.74) is 1.41. The van der Waals surface area contributed by atoms with Crippen molar-refractivity contribution in [2.24, 2.45) is 0 Å². The van der Waals surface area contributed by atoms with Gasteiger partial charge >= 0.3 is 0 Å². The number of carbonyl (C=O) groups is 1. The van der Waals surface area contributed by atoms with Gasteiger partial charge in [0, 0.05) is 12.6 Å². The summed E-state index contributed by atoms with van der Waals surface area (Å²) >= 11 is 0. The van der Waals surface area contributed by atoms with E-state index in [4.69, 9.17) is 5.11 Å². The highest BCUT2D eigenvalue weighted by molar-refractivity contribution is 5.94. The highest BCUT2D eigenvalue weighted by Crippen LogP contribution is 2.25. The molecule has 0 unspecified atom stereocenters. The molecule has 4 nitrogen and oxygen atoms in total. The van der Waals surface area contributed by atoms with Crippen LogP contribution in [0.3, 0.4) is 0 Å². The standard InChI is InChI=1S/C13H13NO3/c15-11(10-2-1-7-14-10)5-3-9-4-6-12(16)13(17)8-9/h1-2,4,6-8,14,16-17H,3,5H2. The van der Waals surface area contributed by atoms with Crippen LogP contribution in [-0.2, 0) is 6.42 Å². The number of phenolic OH excluding ortho intramolecular Hbond substituents is 2. The van der Waals surface area contributed by atoms with Gasteiger partial charge in [-0.1, -0.05) is 6.07 Å². The number of aromatic hydroxyl groups is 2. The number of phenols is 2. The second-order valence-corrected chi connectivity index (χ2v) is 3.83. The number of Topliss-reactive ketones (excluding diaryl/α,β-unsaturated/α-hetero) is 1. The maximum Gasteiger partial charge on any atom is 0.179 e. The SMILES string of the molecule is O=C(CCc1ccc(O)c(O)c1)c1ccc[nH]1. The zero-order chi connectivity index (χ0) is 12.3. The summed E-state index contributed by atoms with van der Waals surface area (Å²) in [5, 5.41) is 18.5. The molecule has 88 valence electrons. The molecular formula is C13H13NO3. The van der Waals surface area contributed by atoms with Gasteiger partial charge in [0.05, 0.1) is 5.69 Å². The van der Waals surface area contributed by atoms with Gasteiger partial charge < -0.3 is 15.2 Å². The Morgan fingerprint density at radius 1 is 1.18 bits per heavy atom. The lowest BCUT2D eigenvalue weighted by molar-refractivity contribution is 0.0978. The van der Waals surface area contributed by atoms with Crippen molar-refractivity contribution in [3.8, 4) is 11.5 Å². The highest BCUT2D eigenvalue weighted by atomic mass is 16.3. The number of ketones is 1. The summed E-state index contributed by atoms with van der Waals surface area (Å²) < 4.78 is 0. The lowest BCUT2D eigenvalue weighted by atomic mass is 10.1. The fourth-order valence-electron chi connectivity index (χ4n) is 1.62. The van der Waals surface area contributed by atoms with Gasteiger partial charge in [0.2, 0.25) is 0 Å².